The number of fused-ring (bicyclic) bond motifs is 2. The molecule has 176 valence electrons. The molecule has 10 heteroatoms. The van der Waals surface area contributed by atoms with Crippen LogP contribution in [0.1, 0.15) is 43.4 Å². The van der Waals surface area contributed by atoms with Crippen LogP contribution in [-0.2, 0) is 19.5 Å². The van der Waals surface area contributed by atoms with Crippen molar-refractivity contribution < 1.29 is 9.21 Å². The number of oxazole rings is 1. The molecule has 0 aliphatic carbocycles. The Kier molecular flexibility index (Phi) is 6.43. The maximum Gasteiger partial charge on any atom is 0.419 e. The van der Waals surface area contributed by atoms with Gasteiger partial charge in [-0.3, -0.25) is 9.25 Å². The second-order valence-electron chi connectivity index (χ2n) is 9.04. The van der Waals surface area contributed by atoms with Crippen LogP contribution in [-0.4, -0.2) is 48.7 Å². The van der Waals surface area contributed by atoms with Crippen molar-refractivity contribution >= 4 is 28.9 Å². The Morgan fingerprint density at radius 3 is 2.97 bits per heavy atom. The van der Waals surface area contributed by atoms with Crippen molar-refractivity contribution in [2.24, 2.45) is 0 Å². The van der Waals surface area contributed by atoms with E-state index in [0.717, 1.165) is 61.1 Å². The van der Waals surface area contributed by atoms with Crippen LogP contribution < -0.4 is 16.4 Å². The molecule has 0 radical (unpaired) electrons. The third-order valence-electron chi connectivity index (χ3n) is 6.54. The number of hydrogen-bond acceptors (Lipinski definition) is 6. The van der Waals surface area contributed by atoms with Gasteiger partial charge in [0.25, 0.3) is 0 Å². The standard InChI is InChI=1S/C23H30N6O3S/c1-15-8-9-19-18(12-15)29(23(31)32-19)11-5-10-28-13-16(26-27-28)6-3-2-4-7-20-21-17(14-33-20)24-22(30)25-21/h8-9,12-13,17,20-21H,2-7,10-11,14H2,1H3,(H2,24,25,30)/t17-,20-,21-/m0/s1. The number of thioether (sulfide) groups is 1. The Balaban J connectivity index is 1.03. The molecule has 2 saturated heterocycles. The van der Waals surface area contributed by atoms with Crippen LogP contribution >= 0.6 is 11.8 Å². The van der Waals surface area contributed by atoms with Gasteiger partial charge in [-0.15, -0.1) is 5.10 Å². The van der Waals surface area contributed by atoms with Crippen LogP contribution in [0.15, 0.2) is 33.6 Å². The van der Waals surface area contributed by atoms with Gasteiger partial charge in [0.15, 0.2) is 5.58 Å². The topological polar surface area (TPSA) is 107 Å². The van der Waals surface area contributed by atoms with E-state index in [2.05, 4.69) is 20.9 Å². The Labute approximate surface area is 196 Å². The van der Waals surface area contributed by atoms with Crippen molar-refractivity contribution in [3.05, 3.63) is 46.2 Å². The average molecular weight is 471 g/mol. The third-order valence-corrected chi connectivity index (χ3v) is 8.05. The second-order valence-corrected chi connectivity index (χ2v) is 10.3. The van der Waals surface area contributed by atoms with E-state index in [9.17, 15) is 9.59 Å². The zero-order chi connectivity index (χ0) is 22.8. The van der Waals surface area contributed by atoms with Gasteiger partial charge in [-0.25, -0.2) is 9.59 Å². The fraction of sp³-hybridized carbons (Fsp3) is 0.565. The molecule has 5 rings (SSSR count). The number of unbranched alkanes of at least 4 members (excludes halogenated alkanes) is 2. The van der Waals surface area contributed by atoms with Gasteiger partial charge in [0.2, 0.25) is 0 Å². The zero-order valence-corrected chi connectivity index (χ0v) is 19.6. The van der Waals surface area contributed by atoms with Gasteiger partial charge < -0.3 is 15.1 Å². The lowest BCUT2D eigenvalue weighted by molar-refractivity contribution is 0.247. The van der Waals surface area contributed by atoms with E-state index in [1.807, 2.05) is 47.8 Å². The van der Waals surface area contributed by atoms with Gasteiger partial charge in [-0.1, -0.05) is 24.1 Å². The number of carbonyl (C=O) groups excluding carboxylic acids is 1. The number of rotatable bonds is 10. The molecule has 0 spiro atoms. The van der Waals surface area contributed by atoms with Gasteiger partial charge in [-0.2, -0.15) is 11.8 Å². The summed E-state index contributed by atoms with van der Waals surface area (Å²) in [6.45, 7) is 3.30. The highest BCUT2D eigenvalue weighted by molar-refractivity contribution is 8.00. The first-order valence-electron chi connectivity index (χ1n) is 11.7. The highest BCUT2D eigenvalue weighted by Crippen LogP contribution is 2.33. The molecule has 2 aliphatic rings. The number of benzene rings is 1. The first-order chi connectivity index (χ1) is 16.1. The summed E-state index contributed by atoms with van der Waals surface area (Å²) in [5, 5.41) is 15.1. The maximum atomic E-state index is 12.2. The van der Waals surface area contributed by atoms with Crippen molar-refractivity contribution in [1.82, 2.24) is 30.2 Å². The molecule has 2 N–H and O–H groups in total. The lowest BCUT2D eigenvalue weighted by Crippen LogP contribution is -2.36. The van der Waals surface area contributed by atoms with Crippen LogP contribution in [0.5, 0.6) is 0 Å². The number of aryl methyl sites for hydroxylation is 4. The fourth-order valence-corrected chi connectivity index (χ4v) is 6.35. The summed E-state index contributed by atoms with van der Waals surface area (Å²) < 4.78 is 8.89. The molecule has 1 aromatic carbocycles. The Bertz CT molecular complexity index is 1180. The molecule has 2 aliphatic heterocycles. The molecule has 0 saturated carbocycles. The molecule has 0 bridgehead atoms. The SMILES string of the molecule is Cc1ccc2oc(=O)n(CCCn3cc(CCCCC[C@@H]4SC[C@@H]5NC(=O)N[C@@H]54)nn3)c2c1. The van der Waals surface area contributed by atoms with Gasteiger partial charge in [0.1, 0.15) is 0 Å². The zero-order valence-electron chi connectivity index (χ0n) is 18.8. The lowest BCUT2D eigenvalue weighted by Gasteiger charge is -2.16. The molecular weight excluding hydrogens is 440 g/mol. The first-order valence-corrected chi connectivity index (χ1v) is 12.8. The highest BCUT2D eigenvalue weighted by atomic mass is 32.2. The van der Waals surface area contributed by atoms with Gasteiger partial charge >= 0.3 is 11.8 Å². The summed E-state index contributed by atoms with van der Waals surface area (Å²) >= 11 is 1.97. The van der Waals surface area contributed by atoms with Crippen LogP contribution in [0, 0.1) is 6.92 Å². The minimum absolute atomic E-state index is 0.0151. The van der Waals surface area contributed by atoms with E-state index < -0.39 is 0 Å². The Morgan fingerprint density at radius 1 is 1.15 bits per heavy atom. The third kappa shape index (κ3) is 4.95. The van der Waals surface area contributed by atoms with E-state index >= 15 is 0 Å². The minimum Gasteiger partial charge on any atom is -0.408 e. The van der Waals surface area contributed by atoms with Crippen molar-refractivity contribution in [3.63, 3.8) is 0 Å². The Morgan fingerprint density at radius 2 is 2.06 bits per heavy atom. The number of aromatic nitrogens is 4. The predicted octanol–water partition coefficient (Wildman–Crippen LogP) is 2.85. The molecule has 4 heterocycles. The van der Waals surface area contributed by atoms with Gasteiger partial charge in [-0.05, 0) is 50.3 Å². The van der Waals surface area contributed by atoms with Crippen molar-refractivity contribution in [1.29, 1.82) is 0 Å². The molecule has 3 atom stereocenters. The number of nitrogens with one attached hydrogen (secondary N) is 2. The Hall–Kier alpha value is -2.75. The summed E-state index contributed by atoms with van der Waals surface area (Å²) in [4.78, 5) is 23.6. The predicted molar refractivity (Wildman–Crippen MR) is 128 cm³/mol. The van der Waals surface area contributed by atoms with Crippen LogP contribution in [0.3, 0.4) is 0 Å². The summed E-state index contributed by atoms with van der Waals surface area (Å²) in [5.41, 5.74) is 3.59. The summed E-state index contributed by atoms with van der Waals surface area (Å²) in [6.07, 6.45) is 8.26. The lowest BCUT2D eigenvalue weighted by atomic mass is 10.0. The normalized spacial score (nSPS) is 22.0. The first kappa shape index (κ1) is 22.1. The minimum atomic E-state index is -0.312. The summed E-state index contributed by atoms with van der Waals surface area (Å²) in [5.74, 6) is 0.704. The number of hydrogen-bond donors (Lipinski definition) is 2. The van der Waals surface area contributed by atoms with E-state index in [1.165, 1.54) is 0 Å². The monoisotopic (exact) mass is 470 g/mol. The summed E-state index contributed by atoms with van der Waals surface area (Å²) in [7, 11) is 0. The molecule has 3 aromatic rings. The molecule has 2 aromatic heterocycles. The molecule has 0 unspecified atom stereocenters. The second kappa shape index (κ2) is 9.62. The van der Waals surface area contributed by atoms with E-state index in [4.69, 9.17) is 4.42 Å². The summed E-state index contributed by atoms with van der Waals surface area (Å²) in [6, 6.07) is 6.36. The molecule has 9 nitrogen and oxygen atoms in total. The van der Waals surface area contributed by atoms with E-state index in [-0.39, 0.29) is 11.8 Å². The van der Waals surface area contributed by atoms with E-state index in [1.54, 1.807) is 4.57 Å². The molecular formula is C23H30N6O3S. The van der Waals surface area contributed by atoms with Crippen molar-refractivity contribution in [2.45, 2.75) is 75.9 Å². The average Bonchev–Trinajstić information content (AvgIpc) is 3.54. The number of urea groups is 1. The van der Waals surface area contributed by atoms with Crippen molar-refractivity contribution in [2.75, 3.05) is 5.75 Å². The van der Waals surface area contributed by atoms with Gasteiger partial charge in [0.05, 0.1) is 23.3 Å². The number of carbonyl (C=O) groups is 1. The number of nitrogens with zero attached hydrogens (tertiary/aromatic N) is 4. The fourth-order valence-electron chi connectivity index (χ4n) is 4.81. The van der Waals surface area contributed by atoms with E-state index in [0.29, 0.717) is 36.0 Å². The maximum absolute atomic E-state index is 12.2. The van der Waals surface area contributed by atoms with Crippen LogP contribution in [0.2, 0.25) is 0 Å². The quantitative estimate of drug-likeness (QED) is 0.349. The molecule has 33 heavy (non-hydrogen) atoms. The van der Waals surface area contributed by atoms with Crippen LogP contribution in [0.4, 0.5) is 4.79 Å². The smallest absolute Gasteiger partial charge is 0.408 e. The largest absolute Gasteiger partial charge is 0.419 e. The molecule has 2 amide bonds. The number of amides is 2. The molecule has 2 fully saturated rings. The van der Waals surface area contributed by atoms with Crippen molar-refractivity contribution in [3.8, 4) is 0 Å². The van der Waals surface area contributed by atoms with Crippen LogP contribution in [0.25, 0.3) is 11.1 Å². The highest BCUT2D eigenvalue weighted by Gasteiger charge is 2.42. The van der Waals surface area contributed by atoms with Gasteiger partial charge in [0, 0.05) is 30.3 Å².